The number of aromatic nitrogens is 2. The van der Waals surface area contributed by atoms with E-state index in [1.54, 1.807) is 0 Å². The van der Waals surface area contributed by atoms with Gasteiger partial charge in [-0.15, -0.1) is 0 Å². The van der Waals surface area contributed by atoms with Crippen molar-refractivity contribution in [2.24, 2.45) is 13.0 Å². The first-order valence-electron chi connectivity index (χ1n) is 6.97. The Balaban J connectivity index is 1.95. The number of rotatable bonds is 2. The normalized spacial score (nSPS) is 17.2. The highest BCUT2D eigenvalue weighted by molar-refractivity contribution is 9.10. The maximum atomic E-state index is 4.87. The molecule has 0 atom stereocenters. The van der Waals surface area contributed by atoms with Crippen molar-refractivity contribution in [3.8, 4) is 0 Å². The van der Waals surface area contributed by atoms with Crippen molar-refractivity contribution >= 4 is 27.0 Å². The van der Waals surface area contributed by atoms with Crippen LogP contribution in [0.4, 0.5) is 0 Å². The molecule has 0 radical (unpaired) electrons. The molecule has 1 aromatic heterocycles. The number of imidazole rings is 1. The first kappa shape index (κ1) is 13.1. The van der Waals surface area contributed by atoms with Crippen molar-refractivity contribution in [3.63, 3.8) is 0 Å². The fourth-order valence-corrected chi connectivity index (χ4v) is 3.55. The number of nitrogens with one attached hydrogen (secondary N) is 1. The van der Waals surface area contributed by atoms with Crippen molar-refractivity contribution in [1.29, 1.82) is 0 Å². The Morgan fingerprint density at radius 3 is 2.84 bits per heavy atom. The average molecular weight is 322 g/mol. The number of halogens is 1. The fourth-order valence-electron chi connectivity index (χ4n) is 2.99. The van der Waals surface area contributed by atoms with Crippen LogP contribution >= 0.6 is 15.9 Å². The van der Waals surface area contributed by atoms with Gasteiger partial charge in [0.15, 0.2) is 0 Å². The fraction of sp³-hybridized carbons (Fsp3) is 0.533. The Hall–Kier alpha value is -0.870. The molecule has 1 N–H and O–H groups in total. The third kappa shape index (κ3) is 2.56. The quantitative estimate of drug-likeness (QED) is 0.920. The van der Waals surface area contributed by atoms with E-state index >= 15 is 0 Å². The second kappa shape index (κ2) is 5.25. The second-order valence-corrected chi connectivity index (χ2v) is 6.49. The van der Waals surface area contributed by atoms with Crippen LogP contribution in [0.3, 0.4) is 0 Å². The van der Waals surface area contributed by atoms with Gasteiger partial charge >= 0.3 is 0 Å². The summed E-state index contributed by atoms with van der Waals surface area (Å²) in [5.41, 5.74) is 3.63. The molecule has 1 fully saturated rings. The SMILES string of the molecule is Cc1cc(Br)cc2c1nc(CC1CCNCC1)n2C. The monoisotopic (exact) mass is 321 g/mol. The summed E-state index contributed by atoms with van der Waals surface area (Å²) >= 11 is 3.58. The van der Waals surface area contributed by atoms with Crippen molar-refractivity contribution in [2.75, 3.05) is 13.1 Å². The first-order valence-corrected chi connectivity index (χ1v) is 7.76. The minimum absolute atomic E-state index is 0.778. The predicted octanol–water partition coefficient (Wildman–Crippen LogP) is 3.19. The minimum Gasteiger partial charge on any atom is -0.331 e. The Morgan fingerprint density at radius 1 is 1.37 bits per heavy atom. The Labute approximate surface area is 122 Å². The summed E-state index contributed by atoms with van der Waals surface area (Å²) in [6, 6.07) is 4.31. The zero-order valence-electron chi connectivity index (χ0n) is 11.5. The third-order valence-electron chi connectivity index (χ3n) is 4.16. The molecule has 3 nitrogen and oxygen atoms in total. The zero-order chi connectivity index (χ0) is 13.4. The molecule has 3 rings (SSSR count). The Kier molecular flexibility index (Phi) is 3.63. The summed E-state index contributed by atoms with van der Waals surface area (Å²) < 4.78 is 3.39. The van der Waals surface area contributed by atoms with Gasteiger partial charge in [0.1, 0.15) is 5.82 Å². The van der Waals surface area contributed by atoms with Gasteiger partial charge in [-0.05, 0) is 56.5 Å². The number of hydrogen-bond donors (Lipinski definition) is 1. The van der Waals surface area contributed by atoms with Gasteiger partial charge in [0.2, 0.25) is 0 Å². The molecule has 1 aliphatic heterocycles. The number of piperidine rings is 1. The third-order valence-corrected chi connectivity index (χ3v) is 4.62. The molecule has 102 valence electrons. The summed E-state index contributed by atoms with van der Waals surface area (Å²) in [4.78, 5) is 4.87. The number of aryl methyl sites for hydroxylation is 2. The lowest BCUT2D eigenvalue weighted by atomic mass is 9.94. The summed E-state index contributed by atoms with van der Waals surface area (Å²) in [7, 11) is 2.14. The number of nitrogens with zero attached hydrogens (tertiary/aromatic N) is 2. The van der Waals surface area contributed by atoms with Crippen LogP contribution < -0.4 is 5.32 Å². The number of hydrogen-bond acceptors (Lipinski definition) is 2. The van der Waals surface area contributed by atoms with E-state index in [4.69, 9.17) is 4.98 Å². The second-order valence-electron chi connectivity index (χ2n) is 5.57. The van der Waals surface area contributed by atoms with E-state index in [2.05, 4.69) is 51.9 Å². The molecule has 0 amide bonds. The summed E-state index contributed by atoms with van der Waals surface area (Å²) in [5.74, 6) is 2.00. The van der Waals surface area contributed by atoms with Gasteiger partial charge in [-0.2, -0.15) is 0 Å². The van der Waals surface area contributed by atoms with Gasteiger partial charge in [0.25, 0.3) is 0 Å². The largest absolute Gasteiger partial charge is 0.331 e. The van der Waals surface area contributed by atoms with Gasteiger partial charge in [0, 0.05) is 17.9 Å². The molecule has 1 aliphatic rings. The highest BCUT2D eigenvalue weighted by Gasteiger charge is 2.18. The van der Waals surface area contributed by atoms with Crippen molar-refractivity contribution < 1.29 is 0 Å². The van der Waals surface area contributed by atoms with Gasteiger partial charge in [-0.25, -0.2) is 4.98 Å². The zero-order valence-corrected chi connectivity index (χ0v) is 13.1. The molecule has 0 spiro atoms. The van der Waals surface area contributed by atoms with Crippen molar-refractivity contribution in [1.82, 2.24) is 14.9 Å². The highest BCUT2D eigenvalue weighted by Crippen LogP contribution is 2.26. The summed E-state index contributed by atoms with van der Waals surface area (Å²) in [6.07, 6.45) is 3.64. The van der Waals surface area contributed by atoms with Crippen LogP contribution in [-0.4, -0.2) is 22.6 Å². The minimum atomic E-state index is 0.778. The highest BCUT2D eigenvalue weighted by atomic mass is 79.9. The predicted molar refractivity (Wildman–Crippen MR) is 82.4 cm³/mol. The van der Waals surface area contributed by atoms with Crippen LogP contribution in [0.1, 0.15) is 24.2 Å². The standard InChI is InChI=1S/C15H20BrN3/c1-10-7-12(16)9-13-15(10)18-14(19(13)2)8-11-3-5-17-6-4-11/h7,9,11,17H,3-6,8H2,1-2H3. The molecule has 0 bridgehead atoms. The van der Waals surface area contributed by atoms with Gasteiger partial charge in [-0.1, -0.05) is 15.9 Å². The molecule has 0 saturated carbocycles. The van der Waals surface area contributed by atoms with E-state index in [1.807, 2.05) is 0 Å². The molecule has 1 aromatic carbocycles. The maximum absolute atomic E-state index is 4.87. The van der Waals surface area contributed by atoms with E-state index in [1.165, 1.54) is 29.7 Å². The lowest BCUT2D eigenvalue weighted by molar-refractivity contribution is 0.365. The molecule has 19 heavy (non-hydrogen) atoms. The van der Waals surface area contributed by atoms with Crippen LogP contribution in [0.5, 0.6) is 0 Å². The number of fused-ring (bicyclic) bond motifs is 1. The van der Waals surface area contributed by atoms with Crippen LogP contribution in [0.25, 0.3) is 11.0 Å². The molecule has 1 saturated heterocycles. The lowest BCUT2D eigenvalue weighted by Gasteiger charge is -2.22. The maximum Gasteiger partial charge on any atom is 0.109 e. The molecular formula is C15H20BrN3. The van der Waals surface area contributed by atoms with Crippen molar-refractivity contribution in [3.05, 3.63) is 28.0 Å². The van der Waals surface area contributed by atoms with Crippen LogP contribution in [0, 0.1) is 12.8 Å². The lowest BCUT2D eigenvalue weighted by Crippen LogP contribution is -2.29. The molecule has 0 aliphatic carbocycles. The van der Waals surface area contributed by atoms with E-state index in [0.717, 1.165) is 35.4 Å². The van der Waals surface area contributed by atoms with Gasteiger partial charge < -0.3 is 9.88 Å². The Bertz CT molecular complexity index is 597. The van der Waals surface area contributed by atoms with E-state index < -0.39 is 0 Å². The first-order chi connectivity index (χ1) is 9.15. The average Bonchev–Trinajstić information content (AvgIpc) is 2.69. The van der Waals surface area contributed by atoms with Gasteiger partial charge in [0.05, 0.1) is 11.0 Å². The van der Waals surface area contributed by atoms with E-state index in [-0.39, 0.29) is 0 Å². The molecule has 0 unspecified atom stereocenters. The topological polar surface area (TPSA) is 29.9 Å². The molecular weight excluding hydrogens is 302 g/mol. The van der Waals surface area contributed by atoms with Crippen LogP contribution in [0.15, 0.2) is 16.6 Å². The summed E-state index contributed by atoms with van der Waals surface area (Å²) in [5, 5.41) is 3.42. The summed E-state index contributed by atoms with van der Waals surface area (Å²) in [6.45, 7) is 4.44. The van der Waals surface area contributed by atoms with E-state index in [9.17, 15) is 0 Å². The number of benzene rings is 1. The van der Waals surface area contributed by atoms with Crippen LogP contribution in [-0.2, 0) is 13.5 Å². The van der Waals surface area contributed by atoms with Gasteiger partial charge in [-0.3, -0.25) is 0 Å². The van der Waals surface area contributed by atoms with Crippen LogP contribution in [0.2, 0.25) is 0 Å². The van der Waals surface area contributed by atoms with E-state index in [0.29, 0.717) is 0 Å². The molecule has 2 aromatic rings. The molecule has 4 heteroatoms. The molecule has 2 heterocycles. The van der Waals surface area contributed by atoms with Crippen molar-refractivity contribution in [2.45, 2.75) is 26.2 Å². The Morgan fingerprint density at radius 2 is 2.11 bits per heavy atom. The smallest absolute Gasteiger partial charge is 0.109 e.